The quantitative estimate of drug-likeness (QED) is 0.850. The summed E-state index contributed by atoms with van der Waals surface area (Å²) in [6.45, 7) is 5.03. The van der Waals surface area contributed by atoms with E-state index >= 15 is 0 Å². The monoisotopic (exact) mass is 309 g/mol. The van der Waals surface area contributed by atoms with Gasteiger partial charge >= 0.3 is 6.03 Å². The van der Waals surface area contributed by atoms with Gasteiger partial charge in [-0.25, -0.2) is 9.18 Å². The van der Waals surface area contributed by atoms with Crippen LogP contribution in [0.4, 0.5) is 14.9 Å². The number of carbonyl (C=O) groups excluding carboxylic acids is 1. The normalized spacial score (nSPS) is 16.4. The molecular formula is C16H24FN3O2. The van der Waals surface area contributed by atoms with E-state index in [0.717, 1.165) is 45.6 Å². The lowest BCUT2D eigenvalue weighted by Gasteiger charge is -2.22. The third-order valence-electron chi connectivity index (χ3n) is 3.77. The van der Waals surface area contributed by atoms with E-state index < -0.39 is 0 Å². The molecule has 0 aromatic heterocycles. The minimum absolute atomic E-state index is 0.163. The molecule has 0 unspecified atom stereocenters. The van der Waals surface area contributed by atoms with Gasteiger partial charge in [0.05, 0.1) is 0 Å². The first-order valence-corrected chi connectivity index (χ1v) is 7.72. The number of halogens is 1. The summed E-state index contributed by atoms with van der Waals surface area (Å²) in [5.41, 5.74) is 0.492. The molecule has 0 aliphatic carbocycles. The summed E-state index contributed by atoms with van der Waals surface area (Å²) in [6.07, 6.45) is 1.95. The van der Waals surface area contributed by atoms with Gasteiger partial charge in [-0.3, -0.25) is 0 Å². The van der Waals surface area contributed by atoms with Gasteiger partial charge in [0.2, 0.25) is 0 Å². The Labute approximate surface area is 131 Å². The number of urea groups is 1. The Balaban J connectivity index is 1.81. The largest absolute Gasteiger partial charge is 0.385 e. The maximum absolute atomic E-state index is 13.1. The molecule has 0 saturated carbocycles. The summed E-state index contributed by atoms with van der Waals surface area (Å²) in [7, 11) is 1.71. The number of nitrogens with one attached hydrogen (secondary N) is 1. The average Bonchev–Trinajstić information content (AvgIpc) is 2.73. The lowest BCUT2D eigenvalue weighted by atomic mass is 10.3. The highest BCUT2D eigenvalue weighted by atomic mass is 19.1. The molecule has 2 amide bonds. The summed E-state index contributed by atoms with van der Waals surface area (Å²) in [5, 5.41) is 2.76. The van der Waals surface area contributed by atoms with Crippen LogP contribution in [0.1, 0.15) is 12.8 Å². The molecule has 6 heteroatoms. The third kappa shape index (κ3) is 5.27. The Kier molecular flexibility index (Phi) is 6.61. The highest BCUT2D eigenvalue weighted by Crippen LogP contribution is 2.11. The smallest absolute Gasteiger partial charge is 0.321 e. The average molecular weight is 309 g/mol. The van der Waals surface area contributed by atoms with Crippen molar-refractivity contribution < 1.29 is 13.9 Å². The van der Waals surface area contributed by atoms with Gasteiger partial charge in [-0.15, -0.1) is 0 Å². The van der Waals surface area contributed by atoms with E-state index in [1.165, 1.54) is 12.1 Å². The van der Waals surface area contributed by atoms with Crippen LogP contribution in [0, 0.1) is 5.82 Å². The first kappa shape index (κ1) is 16.7. The first-order valence-electron chi connectivity index (χ1n) is 7.72. The van der Waals surface area contributed by atoms with Gasteiger partial charge in [-0.1, -0.05) is 6.07 Å². The van der Waals surface area contributed by atoms with Crippen LogP contribution in [-0.4, -0.2) is 62.3 Å². The molecule has 0 radical (unpaired) electrons. The van der Waals surface area contributed by atoms with Gasteiger partial charge in [0.25, 0.3) is 0 Å². The van der Waals surface area contributed by atoms with E-state index in [1.54, 1.807) is 24.1 Å². The summed E-state index contributed by atoms with van der Waals surface area (Å²) in [4.78, 5) is 16.4. The fraction of sp³-hybridized carbons (Fsp3) is 0.562. The molecule has 2 rings (SSSR count). The van der Waals surface area contributed by atoms with Gasteiger partial charge in [-0.05, 0) is 37.6 Å². The molecular weight excluding hydrogens is 285 g/mol. The first-order chi connectivity index (χ1) is 10.7. The predicted molar refractivity (Wildman–Crippen MR) is 84.5 cm³/mol. The molecule has 1 fully saturated rings. The molecule has 0 atom stereocenters. The molecule has 1 saturated heterocycles. The van der Waals surface area contributed by atoms with Gasteiger partial charge in [-0.2, -0.15) is 0 Å². The van der Waals surface area contributed by atoms with Crippen molar-refractivity contribution in [1.29, 1.82) is 0 Å². The second-order valence-electron chi connectivity index (χ2n) is 5.47. The Morgan fingerprint density at radius 1 is 1.32 bits per heavy atom. The van der Waals surface area contributed by atoms with E-state index in [1.807, 2.05) is 0 Å². The number of ether oxygens (including phenoxy) is 1. The number of anilines is 1. The molecule has 1 N–H and O–H groups in total. The number of rotatable bonds is 5. The molecule has 0 spiro atoms. The van der Waals surface area contributed by atoms with E-state index in [4.69, 9.17) is 4.74 Å². The van der Waals surface area contributed by atoms with Crippen molar-refractivity contribution in [3.8, 4) is 0 Å². The predicted octanol–water partition coefficient (Wildman–Crippen LogP) is 2.40. The molecule has 1 heterocycles. The summed E-state index contributed by atoms with van der Waals surface area (Å²) >= 11 is 0. The minimum Gasteiger partial charge on any atom is -0.385 e. The lowest BCUT2D eigenvalue weighted by Crippen LogP contribution is -2.38. The van der Waals surface area contributed by atoms with Crippen molar-refractivity contribution in [1.82, 2.24) is 9.80 Å². The van der Waals surface area contributed by atoms with Gasteiger partial charge in [0.15, 0.2) is 0 Å². The van der Waals surface area contributed by atoms with Crippen LogP contribution in [0.25, 0.3) is 0 Å². The van der Waals surface area contributed by atoms with Crippen molar-refractivity contribution >= 4 is 11.7 Å². The number of hydrogen-bond acceptors (Lipinski definition) is 3. The minimum atomic E-state index is -0.349. The maximum Gasteiger partial charge on any atom is 0.321 e. The topological polar surface area (TPSA) is 44.8 Å². The highest BCUT2D eigenvalue weighted by Gasteiger charge is 2.18. The van der Waals surface area contributed by atoms with Gasteiger partial charge < -0.3 is 19.9 Å². The van der Waals surface area contributed by atoms with Crippen LogP contribution in [-0.2, 0) is 4.74 Å². The zero-order chi connectivity index (χ0) is 15.8. The van der Waals surface area contributed by atoms with Gasteiger partial charge in [0, 0.05) is 45.6 Å². The second kappa shape index (κ2) is 8.70. The van der Waals surface area contributed by atoms with Crippen LogP contribution >= 0.6 is 0 Å². The van der Waals surface area contributed by atoms with Crippen LogP contribution < -0.4 is 5.32 Å². The molecule has 1 aliphatic rings. The molecule has 0 bridgehead atoms. The SMILES string of the molecule is COCCCN1CCCN(C(=O)Nc2cccc(F)c2)CC1. The fourth-order valence-corrected chi connectivity index (χ4v) is 2.60. The second-order valence-corrected chi connectivity index (χ2v) is 5.47. The third-order valence-corrected chi connectivity index (χ3v) is 3.77. The highest BCUT2D eigenvalue weighted by molar-refractivity contribution is 5.89. The van der Waals surface area contributed by atoms with Crippen LogP contribution in [0.3, 0.4) is 0 Å². The maximum atomic E-state index is 13.1. The Morgan fingerprint density at radius 2 is 2.18 bits per heavy atom. The number of nitrogens with zero attached hydrogens (tertiary/aromatic N) is 2. The Hall–Kier alpha value is -1.66. The van der Waals surface area contributed by atoms with E-state index in [0.29, 0.717) is 12.2 Å². The molecule has 1 aliphatic heterocycles. The summed E-state index contributed by atoms with van der Waals surface area (Å²) in [5.74, 6) is -0.349. The Morgan fingerprint density at radius 3 is 2.95 bits per heavy atom. The fourth-order valence-electron chi connectivity index (χ4n) is 2.60. The van der Waals surface area contributed by atoms with Crippen molar-refractivity contribution in [3.63, 3.8) is 0 Å². The molecule has 122 valence electrons. The van der Waals surface area contributed by atoms with Crippen molar-refractivity contribution in [2.45, 2.75) is 12.8 Å². The lowest BCUT2D eigenvalue weighted by molar-refractivity contribution is 0.172. The van der Waals surface area contributed by atoms with E-state index in [2.05, 4.69) is 10.2 Å². The van der Waals surface area contributed by atoms with Crippen LogP contribution in [0.15, 0.2) is 24.3 Å². The van der Waals surface area contributed by atoms with Gasteiger partial charge in [0.1, 0.15) is 5.82 Å². The van der Waals surface area contributed by atoms with Crippen molar-refractivity contribution in [2.24, 2.45) is 0 Å². The number of methoxy groups -OCH3 is 1. The molecule has 1 aromatic rings. The number of amides is 2. The standard InChI is InChI=1S/C16H24FN3O2/c1-22-12-4-8-19-7-3-9-20(11-10-19)16(21)18-15-6-2-5-14(17)13-15/h2,5-6,13H,3-4,7-12H2,1H3,(H,18,21). The van der Waals surface area contributed by atoms with E-state index in [-0.39, 0.29) is 11.8 Å². The summed E-state index contributed by atoms with van der Waals surface area (Å²) in [6, 6.07) is 5.80. The molecule has 5 nitrogen and oxygen atoms in total. The zero-order valence-electron chi connectivity index (χ0n) is 13.1. The molecule has 1 aromatic carbocycles. The van der Waals surface area contributed by atoms with Crippen LogP contribution in [0.5, 0.6) is 0 Å². The van der Waals surface area contributed by atoms with E-state index in [9.17, 15) is 9.18 Å². The zero-order valence-corrected chi connectivity index (χ0v) is 13.1. The number of carbonyl (C=O) groups is 1. The molecule has 22 heavy (non-hydrogen) atoms. The number of benzene rings is 1. The summed E-state index contributed by atoms with van der Waals surface area (Å²) < 4.78 is 18.2. The number of hydrogen-bond donors (Lipinski definition) is 1. The van der Waals surface area contributed by atoms with Crippen LogP contribution in [0.2, 0.25) is 0 Å². The Bertz CT molecular complexity index is 484. The van der Waals surface area contributed by atoms with Crippen molar-refractivity contribution in [3.05, 3.63) is 30.1 Å². The van der Waals surface area contributed by atoms with Crippen molar-refractivity contribution in [2.75, 3.05) is 51.8 Å².